The molecular weight excluding hydrogens is 158 g/mol. The predicted molar refractivity (Wildman–Crippen MR) is 57.1 cm³/mol. The summed E-state index contributed by atoms with van der Waals surface area (Å²) >= 11 is 0. The van der Waals surface area contributed by atoms with Crippen LogP contribution in [0.15, 0.2) is 12.3 Å². The number of hydrogen-bond acceptors (Lipinski definition) is 1. The topological polar surface area (TPSA) is 12.9 Å². The van der Waals surface area contributed by atoms with Crippen LogP contribution in [0.25, 0.3) is 0 Å². The van der Waals surface area contributed by atoms with Crippen molar-refractivity contribution in [1.29, 1.82) is 0 Å². The van der Waals surface area contributed by atoms with Gasteiger partial charge in [0.15, 0.2) is 0 Å². The van der Waals surface area contributed by atoms with Crippen LogP contribution < -0.4 is 0 Å². The maximum atomic E-state index is 4.32. The standard InChI is InChI=1S/C12H19N/c1-6-10-9(2)13-8-7-11(10)12(3,4)5/h7-8H,6H2,1-5H3. The van der Waals surface area contributed by atoms with E-state index in [2.05, 4.69) is 45.7 Å². The van der Waals surface area contributed by atoms with Crippen molar-refractivity contribution in [3.63, 3.8) is 0 Å². The second-order valence-corrected chi connectivity index (χ2v) is 4.53. The molecule has 0 amide bonds. The second-order valence-electron chi connectivity index (χ2n) is 4.53. The van der Waals surface area contributed by atoms with Crippen molar-refractivity contribution in [1.82, 2.24) is 4.98 Å². The lowest BCUT2D eigenvalue weighted by Crippen LogP contribution is -2.15. The molecule has 1 heteroatoms. The van der Waals surface area contributed by atoms with Gasteiger partial charge in [-0.2, -0.15) is 0 Å². The minimum atomic E-state index is 0.235. The van der Waals surface area contributed by atoms with Crippen molar-refractivity contribution >= 4 is 0 Å². The van der Waals surface area contributed by atoms with E-state index in [-0.39, 0.29) is 5.41 Å². The summed E-state index contributed by atoms with van der Waals surface area (Å²) in [6.45, 7) is 11.0. The zero-order chi connectivity index (χ0) is 10.1. The summed E-state index contributed by atoms with van der Waals surface area (Å²) in [5.74, 6) is 0. The molecule has 0 radical (unpaired) electrons. The van der Waals surface area contributed by atoms with Gasteiger partial charge in [-0.3, -0.25) is 4.98 Å². The van der Waals surface area contributed by atoms with Crippen molar-refractivity contribution in [3.05, 3.63) is 29.1 Å². The summed E-state index contributed by atoms with van der Waals surface area (Å²) in [6, 6.07) is 2.14. The Labute approximate surface area is 81.2 Å². The molecule has 0 aromatic carbocycles. The normalized spacial score (nSPS) is 11.8. The molecule has 1 aromatic rings. The van der Waals surface area contributed by atoms with E-state index >= 15 is 0 Å². The van der Waals surface area contributed by atoms with Gasteiger partial charge in [-0.05, 0) is 36.0 Å². The Bertz CT molecular complexity index is 294. The molecule has 1 heterocycles. The van der Waals surface area contributed by atoms with Gasteiger partial charge in [-0.25, -0.2) is 0 Å². The van der Waals surface area contributed by atoms with Gasteiger partial charge in [0.05, 0.1) is 0 Å². The quantitative estimate of drug-likeness (QED) is 0.641. The SMILES string of the molecule is CCc1c(C(C)(C)C)ccnc1C. The summed E-state index contributed by atoms with van der Waals surface area (Å²) < 4.78 is 0. The Hall–Kier alpha value is -0.850. The third-order valence-electron chi connectivity index (χ3n) is 2.43. The van der Waals surface area contributed by atoms with Crippen LogP contribution in [-0.4, -0.2) is 4.98 Å². The molecule has 0 aliphatic rings. The van der Waals surface area contributed by atoms with Crippen molar-refractivity contribution in [2.75, 3.05) is 0 Å². The highest BCUT2D eigenvalue weighted by atomic mass is 14.7. The number of rotatable bonds is 1. The Balaban J connectivity index is 3.29. The largest absolute Gasteiger partial charge is 0.261 e. The summed E-state index contributed by atoms with van der Waals surface area (Å²) in [5.41, 5.74) is 4.26. The Morgan fingerprint density at radius 3 is 2.31 bits per heavy atom. The monoisotopic (exact) mass is 177 g/mol. The van der Waals surface area contributed by atoms with Gasteiger partial charge >= 0.3 is 0 Å². The van der Waals surface area contributed by atoms with E-state index in [1.54, 1.807) is 0 Å². The lowest BCUT2D eigenvalue weighted by molar-refractivity contribution is 0.580. The van der Waals surface area contributed by atoms with Gasteiger partial charge in [-0.1, -0.05) is 27.7 Å². The maximum Gasteiger partial charge on any atom is 0.0407 e. The molecule has 0 saturated carbocycles. The van der Waals surface area contributed by atoms with Crippen LogP contribution >= 0.6 is 0 Å². The fourth-order valence-electron chi connectivity index (χ4n) is 1.75. The molecule has 0 spiro atoms. The predicted octanol–water partition coefficient (Wildman–Crippen LogP) is 3.25. The Kier molecular flexibility index (Phi) is 2.74. The van der Waals surface area contributed by atoms with Gasteiger partial charge < -0.3 is 0 Å². The highest BCUT2D eigenvalue weighted by Gasteiger charge is 2.17. The third kappa shape index (κ3) is 2.09. The van der Waals surface area contributed by atoms with E-state index in [9.17, 15) is 0 Å². The number of aromatic nitrogens is 1. The summed E-state index contributed by atoms with van der Waals surface area (Å²) in [4.78, 5) is 4.32. The molecule has 1 aromatic heterocycles. The van der Waals surface area contributed by atoms with Gasteiger partial charge in [0.2, 0.25) is 0 Å². The first kappa shape index (κ1) is 10.2. The average molecular weight is 177 g/mol. The molecule has 0 fully saturated rings. The molecule has 13 heavy (non-hydrogen) atoms. The van der Waals surface area contributed by atoms with E-state index in [1.165, 1.54) is 16.8 Å². The van der Waals surface area contributed by atoms with Crippen LogP contribution in [0.1, 0.15) is 44.5 Å². The van der Waals surface area contributed by atoms with Gasteiger partial charge in [0.25, 0.3) is 0 Å². The molecule has 0 atom stereocenters. The van der Waals surface area contributed by atoms with E-state index in [1.807, 2.05) is 6.20 Å². The lowest BCUT2D eigenvalue weighted by atomic mass is 9.83. The van der Waals surface area contributed by atoms with E-state index in [4.69, 9.17) is 0 Å². The van der Waals surface area contributed by atoms with Crippen LogP contribution in [0.2, 0.25) is 0 Å². The van der Waals surface area contributed by atoms with Gasteiger partial charge in [0, 0.05) is 11.9 Å². The number of pyridine rings is 1. The molecule has 0 bridgehead atoms. The molecule has 1 rings (SSSR count). The van der Waals surface area contributed by atoms with Crippen molar-refractivity contribution in [3.8, 4) is 0 Å². The van der Waals surface area contributed by atoms with Crippen LogP contribution in [-0.2, 0) is 11.8 Å². The first-order chi connectivity index (χ1) is 5.96. The van der Waals surface area contributed by atoms with Crippen molar-refractivity contribution in [2.24, 2.45) is 0 Å². The van der Waals surface area contributed by atoms with Gasteiger partial charge in [-0.15, -0.1) is 0 Å². The number of nitrogens with zero attached hydrogens (tertiary/aromatic N) is 1. The number of hydrogen-bond donors (Lipinski definition) is 0. The molecule has 72 valence electrons. The van der Waals surface area contributed by atoms with E-state index < -0.39 is 0 Å². The second kappa shape index (κ2) is 3.49. The van der Waals surface area contributed by atoms with Crippen molar-refractivity contribution < 1.29 is 0 Å². The molecule has 0 saturated heterocycles. The fraction of sp³-hybridized carbons (Fsp3) is 0.583. The average Bonchev–Trinajstić information content (AvgIpc) is 2.02. The molecule has 0 aliphatic carbocycles. The molecule has 1 nitrogen and oxygen atoms in total. The van der Waals surface area contributed by atoms with E-state index in [0.717, 1.165) is 6.42 Å². The van der Waals surface area contributed by atoms with Crippen LogP contribution in [0.3, 0.4) is 0 Å². The van der Waals surface area contributed by atoms with Crippen molar-refractivity contribution in [2.45, 2.75) is 46.5 Å². The Morgan fingerprint density at radius 1 is 1.31 bits per heavy atom. The maximum absolute atomic E-state index is 4.32. The molecule has 0 unspecified atom stereocenters. The lowest BCUT2D eigenvalue weighted by Gasteiger charge is -2.23. The molecular formula is C12H19N. The highest BCUT2D eigenvalue weighted by Crippen LogP contribution is 2.26. The summed E-state index contributed by atoms with van der Waals surface area (Å²) in [7, 11) is 0. The zero-order valence-corrected chi connectivity index (χ0v) is 9.31. The summed E-state index contributed by atoms with van der Waals surface area (Å²) in [6.07, 6.45) is 2.99. The fourth-order valence-corrected chi connectivity index (χ4v) is 1.75. The first-order valence-electron chi connectivity index (χ1n) is 4.91. The highest BCUT2D eigenvalue weighted by molar-refractivity contribution is 5.34. The minimum Gasteiger partial charge on any atom is -0.261 e. The van der Waals surface area contributed by atoms with Crippen LogP contribution in [0, 0.1) is 6.92 Å². The third-order valence-corrected chi connectivity index (χ3v) is 2.43. The molecule has 0 N–H and O–H groups in total. The Morgan fingerprint density at radius 2 is 1.92 bits per heavy atom. The van der Waals surface area contributed by atoms with E-state index in [0.29, 0.717) is 0 Å². The minimum absolute atomic E-state index is 0.235. The number of aryl methyl sites for hydroxylation is 1. The van der Waals surface area contributed by atoms with Crippen LogP contribution in [0.4, 0.5) is 0 Å². The molecule has 0 aliphatic heterocycles. The first-order valence-corrected chi connectivity index (χ1v) is 4.91. The zero-order valence-electron chi connectivity index (χ0n) is 9.31. The summed E-state index contributed by atoms with van der Waals surface area (Å²) in [5, 5.41) is 0. The smallest absolute Gasteiger partial charge is 0.0407 e. The van der Waals surface area contributed by atoms with Crippen LogP contribution in [0.5, 0.6) is 0 Å². The van der Waals surface area contributed by atoms with Gasteiger partial charge in [0.1, 0.15) is 0 Å².